The first-order valence-corrected chi connectivity index (χ1v) is 6.41. The molecule has 1 amide bonds. The number of hydrogen-bond acceptors (Lipinski definition) is 4. The highest BCUT2D eigenvalue weighted by Gasteiger charge is 2.27. The van der Waals surface area contributed by atoms with Crippen molar-refractivity contribution >= 4 is 23.3 Å². The Morgan fingerprint density at radius 1 is 1.43 bits per heavy atom. The van der Waals surface area contributed by atoms with Gasteiger partial charge in [0.15, 0.2) is 11.7 Å². The number of carbonyl (C=O) groups excluding carboxylic acids is 2. The number of nitriles is 1. The van der Waals surface area contributed by atoms with E-state index in [0.29, 0.717) is 10.7 Å². The van der Waals surface area contributed by atoms with Crippen molar-refractivity contribution in [1.82, 2.24) is 15.1 Å². The van der Waals surface area contributed by atoms with E-state index in [-0.39, 0.29) is 5.56 Å². The summed E-state index contributed by atoms with van der Waals surface area (Å²) >= 11 is 6.05. The van der Waals surface area contributed by atoms with Crippen LogP contribution in [-0.4, -0.2) is 28.5 Å². The molecule has 0 spiro atoms. The molecule has 106 valence electrons. The van der Waals surface area contributed by atoms with Crippen molar-refractivity contribution in [1.29, 1.82) is 5.26 Å². The summed E-state index contributed by atoms with van der Waals surface area (Å²) in [4.78, 5) is 23.6. The van der Waals surface area contributed by atoms with Gasteiger partial charge in [-0.1, -0.05) is 23.7 Å². The molecule has 1 aromatic heterocycles. The van der Waals surface area contributed by atoms with Crippen LogP contribution in [0.5, 0.6) is 0 Å². The number of halogens is 1. The molecule has 7 heteroatoms. The van der Waals surface area contributed by atoms with Crippen molar-refractivity contribution in [3.63, 3.8) is 0 Å². The summed E-state index contributed by atoms with van der Waals surface area (Å²) in [6.45, 7) is 0. The minimum atomic E-state index is -1.39. The molecule has 2 aromatic rings. The van der Waals surface area contributed by atoms with E-state index in [1.54, 1.807) is 30.3 Å². The van der Waals surface area contributed by atoms with Crippen LogP contribution in [0.4, 0.5) is 0 Å². The number of nitrogens with zero attached hydrogens (tertiary/aromatic N) is 3. The number of amides is 1. The summed E-state index contributed by atoms with van der Waals surface area (Å²) in [5.41, 5.74) is 0.775. The van der Waals surface area contributed by atoms with Crippen molar-refractivity contribution in [2.24, 2.45) is 5.92 Å². The van der Waals surface area contributed by atoms with E-state index in [0.717, 1.165) is 0 Å². The molecule has 0 radical (unpaired) electrons. The Hall–Kier alpha value is -2.65. The van der Waals surface area contributed by atoms with Crippen molar-refractivity contribution in [2.45, 2.75) is 0 Å². The van der Waals surface area contributed by atoms with E-state index in [1.165, 1.54) is 24.1 Å². The molecule has 0 saturated heterocycles. The number of para-hydroxylation sites is 1. The average Bonchev–Trinajstić information content (AvgIpc) is 2.97. The first-order valence-electron chi connectivity index (χ1n) is 6.03. The average molecular weight is 303 g/mol. The molecule has 0 aliphatic heterocycles. The second kappa shape index (κ2) is 6.20. The fourth-order valence-corrected chi connectivity index (χ4v) is 1.99. The van der Waals surface area contributed by atoms with Crippen molar-refractivity contribution in [2.75, 3.05) is 7.05 Å². The standard InChI is InChI=1S/C14H11ClN4O2/c1-17-14(21)10(6-16)13(20)9-7-18-19(8-9)12-5-3-2-4-11(12)15/h2-5,7-8,10H,1H3,(H,17,21)/t10-/m0/s1. The number of hydrogen-bond donors (Lipinski definition) is 1. The molecule has 1 atom stereocenters. The van der Waals surface area contributed by atoms with Crippen LogP contribution >= 0.6 is 11.6 Å². The summed E-state index contributed by atoms with van der Waals surface area (Å²) < 4.78 is 1.42. The SMILES string of the molecule is CNC(=O)[C@@H](C#N)C(=O)c1cnn(-c2ccccc2Cl)c1. The Morgan fingerprint density at radius 2 is 2.14 bits per heavy atom. The highest BCUT2D eigenvalue weighted by atomic mass is 35.5. The van der Waals surface area contributed by atoms with E-state index in [4.69, 9.17) is 16.9 Å². The van der Waals surface area contributed by atoms with Gasteiger partial charge < -0.3 is 5.32 Å². The van der Waals surface area contributed by atoms with Crippen molar-refractivity contribution < 1.29 is 9.59 Å². The number of rotatable bonds is 4. The molecule has 0 bridgehead atoms. The maximum atomic E-state index is 12.1. The lowest BCUT2D eigenvalue weighted by Gasteiger charge is -2.05. The highest BCUT2D eigenvalue weighted by Crippen LogP contribution is 2.20. The predicted octanol–water partition coefficient (Wildman–Crippen LogP) is 1.59. The predicted molar refractivity (Wildman–Crippen MR) is 76.1 cm³/mol. The molecule has 0 aliphatic carbocycles. The summed E-state index contributed by atoms with van der Waals surface area (Å²) in [5.74, 6) is -2.64. The van der Waals surface area contributed by atoms with Gasteiger partial charge in [-0.05, 0) is 12.1 Å². The van der Waals surface area contributed by atoms with Crippen LogP contribution in [0.1, 0.15) is 10.4 Å². The molecule has 0 fully saturated rings. The highest BCUT2D eigenvalue weighted by molar-refractivity contribution is 6.32. The van der Waals surface area contributed by atoms with Gasteiger partial charge in [0.25, 0.3) is 0 Å². The molecule has 2 rings (SSSR count). The van der Waals surface area contributed by atoms with E-state index in [1.807, 2.05) is 0 Å². The van der Waals surface area contributed by atoms with E-state index >= 15 is 0 Å². The maximum absolute atomic E-state index is 12.1. The number of benzene rings is 1. The molecule has 0 saturated carbocycles. The molecule has 1 N–H and O–H groups in total. The lowest BCUT2D eigenvalue weighted by molar-refractivity contribution is -0.121. The van der Waals surface area contributed by atoms with Crippen LogP contribution in [-0.2, 0) is 4.79 Å². The van der Waals surface area contributed by atoms with Gasteiger partial charge in [0.05, 0.1) is 28.5 Å². The summed E-state index contributed by atoms with van der Waals surface area (Å²) in [7, 11) is 1.37. The monoisotopic (exact) mass is 302 g/mol. The number of Topliss-reactive ketones (excluding diaryl/α,β-unsaturated/α-hetero) is 1. The van der Waals surface area contributed by atoms with Gasteiger partial charge in [0, 0.05) is 13.2 Å². The summed E-state index contributed by atoms with van der Waals surface area (Å²) in [6.07, 6.45) is 2.75. The normalized spacial score (nSPS) is 11.5. The number of ketones is 1. The fourth-order valence-electron chi connectivity index (χ4n) is 1.77. The van der Waals surface area contributed by atoms with Gasteiger partial charge >= 0.3 is 0 Å². The third kappa shape index (κ3) is 2.93. The molecule has 0 unspecified atom stereocenters. The quantitative estimate of drug-likeness (QED) is 0.686. The summed E-state index contributed by atoms with van der Waals surface area (Å²) in [6, 6.07) is 8.69. The van der Waals surface area contributed by atoms with E-state index in [9.17, 15) is 9.59 Å². The van der Waals surface area contributed by atoms with Gasteiger partial charge in [-0.15, -0.1) is 0 Å². The Balaban J connectivity index is 2.32. The third-order valence-corrected chi connectivity index (χ3v) is 3.19. The minimum Gasteiger partial charge on any atom is -0.358 e. The second-order valence-electron chi connectivity index (χ2n) is 4.17. The molecule has 6 nitrogen and oxygen atoms in total. The first-order chi connectivity index (χ1) is 10.1. The zero-order valence-corrected chi connectivity index (χ0v) is 11.8. The zero-order valence-electron chi connectivity index (χ0n) is 11.1. The number of nitrogens with one attached hydrogen (secondary N) is 1. The Bertz CT molecular complexity index is 733. The number of aromatic nitrogens is 2. The minimum absolute atomic E-state index is 0.171. The van der Waals surface area contributed by atoms with Gasteiger partial charge in [0.1, 0.15) is 0 Å². The fraction of sp³-hybridized carbons (Fsp3) is 0.143. The van der Waals surface area contributed by atoms with Gasteiger partial charge in [-0.2, -0.15) is 10.4 Å². The van der Waals surface area contributed by atoms with Crippen molar-refractivity contribution in [3.05, 3.63) is 47.2 Å². The molecular formula is C14H11ClN4O2. The van der Waals surface area contributed by atoms with Crippen LogP contribution < -0.4 is 5.32 Å². The van der Waals surface area contributed by atoms with Gasteiger partial charge in [-0.3, -0.25) is 9.59 Å². The first kappa shape index (κ1) is 14.8. The Kier molecular flexibility index (Phi) is 4.36. The smallest absolute Gasteiger partial charge is 0.245 e. The lowest BCUT2D eigenvalue weighted by atomic mass is 10.0. The maximum Gasteiger partial charge on any atom is 0.245 e. The molecular weight excluding hydrogens is 292 g/mol. The third-order valence-electron chi connectivity index (χ3n) is 2.87. The van der Waals surface area contributed by atoms with Crippen LogP contribution in [0.25, 0.3) is 5.69 Å². The van der Waals surface area contributed by atoms with Crippen LogP contribution in [0, 0.1) is 17.2 Å². The molecule has 0 aliphatic rings. The van der Waals surface area contributed by atoms with Crippen LogP contribution in [0.3, 0.4) is 0 Å². The lowest BCUT2D eigenvalue weighted by Crippen LogP contribution is -2.32. The van der Waals surface area contributed by atoms with Crippen LogP contribution in [0.15, 0.2) is 36.7 Å². The Morgan fingerprint density at radius 3 is 2.76 bits per heavy atom. The molecule has 21 heavy (non-hydrogen) atoms. The Labute approximate surface area is 125 Å². The number of carbonyl (C=O) groups is 2. The van der Waals surface area contributed by atoms with E-state index in [2.05, 4.69) is 10.4 Å². The van der Waals surface area contributed by atoms with E-state index < -0.39 is 17.6 Å². The zero-order chi connectivity index (χ0) is 15.4. The molecule has 1 aromatic carbocycles. The topological polar surface area (TPSA) is 87.8 Å². The molecule has 1 heterocycles. The van der Waals surface area contributed by atoms with Gasteiger partial charge in [-0.25, -0.2) is 4.68 Å². The van der Waals surface area contributed by atoms with Gasteiger partial charge in [0.2, 0.25) is 5.91 Å². The van der Waals surface area contributed by atoms with Crippen LogP contribution in [0.2, 0.25) is 5.02 Å². The second-order valence-corrected chi connectivity index (χ2v) is 4.57. The van der Waals surface area contributed by atoms with Crippen molar-refractivity contribution in [3.8, 4) is 11.8 Å². The largest absolute Gasteiger partial charge is 0.358 e. The summed E-state index contributed by atoms with van der Waals surface area (Å²) in [5, 5.41) is 15.7.